The lowest BCUT2D eigenvalue weighted by atomic mass is 10.0. The molecular formula is C18H10N2O2. The Bertz CT molecular complexity index is 1250. The van der Waals surface area contributed by atoms with Crippen molar-refractivity contribution in [2.24, 2.45) is 0 Å². The molecule has 0 aliphatic rings. The van der Waals surface area contributed by atoms with Gasteiger partial charge in [-0.25, -0.2) is 4.98 Å². The molecule has 5 rings (SSSR count). The third kappa shape index (κ3) is 1.41. The maximum absolute atomic E-state index is 11.7. The Hall–Kier alpha value is -3.14. The van der Waals surface area contributed by atoms with Gasteiger partial charge in [0.2, 0.25) is 5.71 Å². The van der Waals surface area contributed by atoms with Crippen molar-refractivity contribution in [2.45, 2.75) is 0 Å². The number of nitrogens with one attached hydrogen (secondary N) is 1. The zero-order valence-corrected chi connectivity index (χ0v) is 11.5. The van der Waals surface area contributed by atoms with Crippen LogP contribution in [0.4, 0.5) is 0 Å². The average Bonchev–Trinajstić information content (AvgIpc) is 2.54. The van der Waals surface area contributed by atoms with Gasteiger partial charge in [-0.1, -0.05) is 6.07 Å². The summed E-state index contributed by atoms with van der Waals surface area (Å²) in [4.78, 5) is 19.4. The minimum atomic E-state index is -0.00933. The Kier molecular flexibility index (Phi) is 2.07. The van der Waals surface area contributed by atoms with E-state index in [9.17, 15) is 4.79 Å². The molecule has 4 nitrogen and oxygen atoms in total. The number of pyridine rings is 2. The van der Waals surface area contributed by atoms with Gasteiger partial charge in [-0.15, -0.1) is 0 Å². The van der Waals surface area contributed by atoms with Crippen LogP contribution in [0.15, 0.2) is 63.9 Å². The van der Waals surface area contributed by atoms with Crippen LogP contribution in [0.2, 0.25) is 0 Å². The molecule has 0 fully saturated rings. The van der Waals surface area contributed by atoms with Crippen molar-refractivity contribution in [3.8, 4) is 0 Å². The quantitative estimate of drug-likeness (QED) is 0.346. The molecule has 0 amide bonds. The van der Waals surface area contributed by atoms with Crippen molar-refractivity contribution in [1.29, 1.82) is 0 Å². The number of fused-ring (bicyclic) bond motifs is 4. The van der Waals surface area contributed by atoms with Gasteiger partial charge in [0.15, 0.2) is 5.43 Å². The lowest BCUT2D eigenvalue weighted by Crippen LogP contribution is -1.97. The normalized spacial score (nSPS) is 11.8. The third-order valence-corrected chi connectivity index (χ3v) is 4.05. The monoisotopic (exact) mass is 286 g/mol. The summed E-state index contributed by atoms with van der Waals surface area (Å²) in [5.74, 6) is 0. The third-order valence-electron chi connectivity index (χ3n) is 4.05. The highest BCUT2D eigenvalue weighted by Crippen LogP contribution is 2.36. The van der Waals surface area contributed by atoms with E-state index in [0.29, 0.717) is 5.71 Å². The van der Waals surface area contributed by atoms with E-state index in [1.807, 2.05) is 36.4 Å². The molecule has 3 aromatic heterocycles. The molecule has 0 aliphatic heterocycles. The minimum Gasteiger partial charge on any atom is -0.438 e. The van der Waals surface area contributed by atoms with E-state index in [0.717, 1.165) is 38.2 Å². The first-order valence-corrected chi connectivity index (χ1v) is 7.03. The largest absolute Gasteiger partial charge is 0.438 e. The van der Waals surface area contributed by atoms with Crippen LogP contribution in [0.25, 0.3) is 43.9 Å². The fourth-order valence-electron chi connectivity index (χ4n) is 3.15. The fraction of sp³-hybridized carbons (Fsp3) is 0. The van der Waals surface area contributed by atoms with Crippen molar-refractivity contribution in [3.05, 3.63) is 65.0 Å². The van der Waals surface area contributed by atoms with Gasteiger partial charge in [-0.3, -0.25) is 4.79 Å². The van der Waals surface area contributed by atoms with E-state index >= 15 is 0 Å². The second-order valence-corrected chi connectivity index (χ2v) is 5.34. The number of nitrogens with zero attached hydrogens (tertiary/aromatic N) is 1. The summed E-state index contributed by atoms with van der Waals surface area (Å²) >= 11 is 0. The Labute approximate surface area is 124 Å². The van der Waals surface area contributed by atoms with Crippen LogP contribution in [-0.4, -0.2) is 9.97 Å². The highest BCUT2D eigenvalue weighted by atomic mass is 16.3. The van der Waals surface area contributed by atoms with E-state index in [2.05, 4.69) is 9.97 Å². The maximum atomic E-state index is 11.7. The van der Waals surface area contributed by atoms with Crippen molar-refractivity contribution in [3.63, 3.8) is 0 Å². The number of aromatic amines is 1. The molecule has 0 saturated heterocycles. The molecule has 104 valence electrons. The number of hydrogen-bond donors (Lipinski definition) is 1. The molecule has 3 heterocycles. The summed E-state index contributed by atoms with van der Waals surface area (Å²) in [5, 5.41) is 4.03. The molecule has 0 saturated carbocycles. The van der Waals surface area contributed by atoms with Gasteiger partial charge in [-0.05, 0) is 36.4 Å². The average molecular weight is 286 g/mol. The van der Waals surface area contributed by atoms with E-state index in [4.69, 9.17) is 4.42 Å². The van der Waals surface area contributed by atoms with Gasteiger partial charge in [0.25, 0.3) is 0 Å². The van der Waals surface area contributed by atoms with Gasteiger partial charge >= 0.3 is 0 Å². The zero-order valence-electron chi connectivity index (χ0n) is 11.5. The number of benzene rings is 2. The van der Waals surface area contributed by atoms with Gasteiger partial charge in [0.05, 0.1) is 11.0 Å². The topological polar surface area (TPSA) is 58.9 Å². The first-order chi connectivity index (χ1) is 10.8. The molecular weight excluding hydrogens is 276 g/mol. The Morgan fingerprint density at radius 3 is 2.82 bits per heavy atom. The van der Waals surface area contributed by atoms with Crippen LogP contribution >= 0.6 is 0 Å². The SMILES string of the molecule is O=c1ccc2c(c1)[nH]c1cccc3oc4ncccc4c2c13. The van der Waals surface area contributed by atoms with Crippen molar-refractivity contribution < 1.29 is 4.42 Å². The standard InChI is InChI=1S/C18H10N2O2/c21-10-6-7-11-14(9-10)20-13-4-1-5-15-17(13)16(11)12-3-2-8-19-18(12)22-15/h1-9,20H. The predicted octanol–water partition coefficient (Wildman–Crippen LogP) is 3.98. The maximum Gasteiger partial charge on any atom is 0.227 e. The smallest absolute Gasteiger partial charge is 0.227 e. The van der Waals surface area contributed by atoms with Crippen molar-refractivity contribution in [1.82, 2.24) is 9.97 Å². The summed E-state index contributed by atoms with van der Waals surface area (Å²) in [6.45, 7) is 0. The molecule has 22 heavy (non-hydrogen) atoms. The Balaban J connectivity index is 2.25. The van der Waals surface area contributed by atoms with E-state index < -0.39 is 0 Å². The molecule has 0 spiro atoms. The zero-order chi connectivity index (χ0) is 14.7. The van der Waals surface area contributed by atoms with Gasteiger partial charge < -0.3 is 9.40 Å². The van der Waals surface area contributed by atoms with Crippen molar-refractivity contribution in [2.75, 3.05) is 0 Å². The van der Waals surface area contributed by atoms with E-state index in [1.165, 1.54) is 0 Å². The highest BCUT2D eigenvalue weighted by molar-refractivity contribution is 6.25. The first-order valence-electron chi connectivity index (χ1n) is 7.03. The summed E-state index contributed by atoms with van der Waals surface area (Å²) in [5.41, 5.74) is 3.14. The van der Waals surface area contributed by atoms with Crippen LogP contribution in [0.5, 0.6) is 0 Å². The number of H-pyrrole nitrogens is 1. The number of rotatable bonds is 0. The van der Waals surface area contributed by atoms with Crippen molar-refractivity contribution >= 4 is 43.9 Å². The Morgan fingerprint density at radius 1 is 0.909 bits per heavy atom. The van der Waals surface area contributed by atoms with E-state index in [1.54, 1.807) is 18.3 Å². The molecule has 0 radical (unpaired) electrons. The molecule has 1 N–H and O–H groups in total. The first kappa shape index (κ1) is 11.5. The summed E-state index contributed by atoms with van der Waals surface area (Å²) in [6, 6.07) is 14.8. The number of aromatic nitrogens is 2. The number of hydrogen-bond acceptors (Lipinski definition) is 3. The summed E-state index contributed by atoms with van der Waals surface area (Å²) in [7, 11) is 0. The van der Waals surface area contributed by atoms with Crippen LogP contribution in [0.3, 0.4) is 0 Å². The lowest BCUT2D eigenvalue weighted by molar-refractivity contribution is 0.647. The molecule has 5 aromatic rings. The van der Waals surface area contributed by atoms with Crippen LogP contribution in [0, 0.1) is 0 Å². The molecule has 0 unspecified atom stereocenters. The van der Waals surface area contributed by atoms with E-state index in [-0.39, 0.29) is 5.43 Å². The highest BCUT2D eigenvalue weighted by Gasteiger charge is 2.13. The second kappa shape index (κ2) is 3.95. The van der Waals surface area contributed by atoms with Gasteiger partial charge in [-0.2, -0.15) is 0 Å². The summed E-state index contributed by atoms with van der Waals surface area (Å²) in [6.07, 6.45) is 1.72. The van der Waals surface area contributed by atoms with Gasteiger partial charge in [0, 0.05) is 33.8 Å². The fourth-order valence-corrected chi connectivity index (χ4v) is 3.15. The molecule has 0 bridgehead atoms. The van der Waals surface area contributed by atoms with Crippen LogP contribution < -0.4 is 5.43 Å². The molecule has 0 atom stereocenters. The van der Waals surface area contributed by atoms with Crippen LogP contribution in [-0.2, 0) is 0 Å². The molecule has 4 heteroatoms. The van der Waals surface area contributed by atoms with Crippen LogP contribution in [0.1, 0.15) is 0 Å². The second-order valence-electron chi connectivity index (χ2n) is 5.34. The minimum absolute atomic E-state index is 0.00933. The summed E-state index contributed by atoms with van der Waals surface area (Å²) < 4.78 is 5.93. The predicted molar refractivity (Wildman–Crippen MR) is 87.1 cm³/mol. The lowest BCUT2D eigenvalue weighted by Gasteiger charge is -2.11. The molecule has 0 aliphatic carbocycles. The van der Waals surface area contributed by atoms with Gasteiger partial charge in [0.1, 0.15) is 5.58 Å². The Morgan fingerprint density at radius 2 is 1.86 bits per heavy atom. The molecule has 2 aromatic carbocycles.